The lowest BCUT2D eigenvalue weighted by Crippen LogP contribution is -2.38. The number of benzene rings is 2. The topological polar surface area (TPSA) is 88.9 Å². The second kappa shape index (κ2) is 6.60. The van der Waals surface area contributed by atoms with Crippen LogP contribution in [-0.4, -0.2) is 25.0 Å². The van der Waals surface area contributed by atoms with Gasteiger partial charge in [0.15, 0.2) is 17.8 Å². The molecule has 0 saturated heterocycles. The third-order valence-electron chi connectivity index (χ3n) is 4.33. The molecule has 27 heavy (non-hydrogen) atoms. The summed E-state index contributed by atoms with van der Waals surface area (Å²) in [6.07, 6.45) is 0. The van der Waals surface area contributed by atoms with Gasteiger partial charge in [-0.05, 0) is 37.3 Å². The zero-order chi connectivity index (χ0) is 19.0. The second-order valence-corrected chi connectivity index (χ2v) is 6.03. The van der Waals surface area contributed by atoms with E-state index in [1.54, 1.807) is 47.4 Å². The van der Waals surface area contributed by atoms with Crippen molar-refractivity contribution < 1.29 is 18.7 Å². The first-order valence-electron chi connectivity index (χ1n) is 8.48. The van der Waals surface area contributed by atoms with E-state index in [0.29, 0.717) is 34.6 Å². The molecule has 2 heterocycles. The minimum atomic E-state index is -0.552. The van der Waals surface area contributed by atoms with Crippen LogP contribution in [0, 0.1) is 0 Å². The fourth-order valence-corrected chi connectivity index (χ4v) is 3.04. The molecule has 3 aromatic rings. The Balaban J connectivity index is 1.65. The van der Waals surface area contributed by atoms with E-state index in [-0.39, 0.29) is 23.7 Å². The highest BCUT2D eigenvalue weighted by molar-refractivity contribution is 6.04. The lowest BCUT2D eigenvalue weighted by Gasteiger charge is -2.28. The van der Waals surface area contributed by atoms with Crippen LogP contribution in [0.5, 0.6) is 5.75 Å². The fourth-order valence-electron chi connectivity index (χ4n) is 3.04. The molecule has 0 bridgehead atoms. The van der Waals surface area contributed by atoms with Gasteiger partial charge in [-0.25, -0.2) is 0 Å². The summed E-state index contributed by atoms with van der Waals surface area (Å²) < 4.78 is 11.0. The number of anilines is 2. The Hall–Kier alpha value is -3.61. The molecule has 7 nitrogen and oxygen atoms in total. The molecule has 0 saturated carbocycles. The van der Waals surface area contributed by atoms with Crippen LogP contribution in [-0.2, 0) is 4.79 Å². The lowest BCUT2D eigenvalue weighted by molar-refractivity contribution is -0.121. The number of nitrogens with one attached hydrogen (secondary N) is 1. The number of rotatable bonds is 3. The summed E-state index contributed by atoms with van der Waals surface area (Å²) in [4.78, 5) is 38.3. The molecule has 4 rings (SSSR count). The standard InChI is InChI=1S/C20H16N2O5/c1-2-22-14-9-12(7-8-17(14)26-11-19(22)24)21-20(25)18-10-15(23)13-5-3-4-6-16(13)27-18/h3-10H,2,11H2,1H3,(H,21,25). The van der Waals surface area contributed by atoms with E-state index >= 15 is 0 Å². The molecule has 0 fully saturated rings. The fraction of sp³-hybridized carbons (Fsp3) is 0.150. The lowest BCUT2D eigenvalue weighted by atomic mass is 10.2. The largest absolute Gasteiger partial charge is 0.482 e. The Morgan fingerprint density at radius 2 is 1.96 bits per heavy atom. The zero-order valence-electron chi connectivity index (χ0n) is 14.5. The van der Waals surface area contributed by atoms with E-state index in [1.165, 1.54) is 6.07 Å². The maximum atomic E-state index is 12.5. The summed E-state index contributed by atoms with van der Waals surface area (Å²) >= 11 is 0. The van der Waals surface area contributed by atoms with Gasteiger partial charge >= 0.3 is 0 Å². The molecule has 0 atom stereocenters. The summed E-state index contributed by atoms with van der Waals surface area (Å²) in [6.45, 7) is 2.35. The molecular weight excluding hydrogens is 348 g/mol. The van der Waals surface area contributed by atoms with Crippen molar-refractivity contribution in [1.82, 2.24) is 0 Å². The predicted octanol–water partition coefficient (Wildman–Crippen LogP) is 2.79. The summed E-state index contributed by atoms with van der Waals surface area (Å²) in [6, 6.07) is 12.9. The number of fused-ring (bicyclic) bond motifs is 2. The van der Waals surface area contributed by atoms with E-state index in [2.05, 4.69) is 5.32 Å². The summed E-state index contributed by atoms with van der Waals surface area (Å²) in [7, 11) is 0. The molecule has 0 unspecified atom stereocenters. The normalized spacial score (nSPS) is 13.2. The first-order valence-corrected chi connectivity index (χ1v) is 8.48. The van der Waals surface area contributed by atoms with Gasteiger partial charge in [0.2, 0.25) is 0 Å². The van der Waals surface area contributed by atoms with Gasteiger partial charge in [-0.15, -0.1) is 0 Å². The van der Waals surface area contributed by atoms with E-state index < -0.39 is 5.91 Å². The first kappa shape index (κ1) is 16.8. The van der Waals surface area contributed by atoms with Gasteiger partial charge in [0, 0.05) is 18.3 Å². The summed E-state index contributed by atoms with van der Waals surface area (Å²) in [5.74, 6) is -0.208. The van der Waals surface area contributed by atoms with E-state index in [1.807, 2.05) is 6.92 Å². The number of hydrogen-bond acceptors (Lipinski definition) is 5. The van der Waals surface area contributed by atoms with E-state index in [9.17, 15) is 14.4 Å². The molecule has 136 valence electrons. The average molecular weight is 364 g/mol. The van der Waals surface area contributed by atoms with Crippen LogP contribution in [0.3, 0.4) is 0 Å². The van der Waals surface area contributed by atoms with Crippen molar-refractivity contribution in [2.45, 2.75) is 6.92 Å². The van der Waals surface area contributed by atoms with Crippen LogP contribution in [0.15, 0.2) is 57.7 Å². The van der Waals surface area contributed by atoms with Crippen molar-refractivity contribution in [2.75, 3.05) is 23.4 Å². The predicted molar refractivity (Wildman–Crippen MR) is 100 cm³/mol. The van der Waals surface area contributed by atoms with Gasteiger partial charge in [0.1, 0.15) is 11.3 Å². The molecule has 0 radical (unpaired) electrons. The smallest absolute Gasteiger partial charge is 0.291 e. The highest BCUT2D eigenvalue weighted by atomic mass is 16.5. The minimum Gasteiger partial charge on any atom is -0.482 e. The van der Waals surface area contributed by atoms with Crippen LogP contribution in [0.4, 0.5) is 11.4 Å². The van der Waals surface area contributed by atoms with Crippen molar-refractivity contribution in [3.63, 3.8) is 0 Å². The maximum Gasteiger partial charge on any atom is 0.291 e. The Kier molecular flexibility index (Phi) is 4.12. The molecule has 1 aliphatic heterocycles. The first-order chi connectivity index (χ1) is 13.1. The van der Waals surface area contributed by atoms with Gasteiger partial charge in [0.05, 0.1) is 11.1 Å². The van der Waals surface area contributed by atoms with Crippen LogP contribution in [0.2, 0.25) is 0 Å². The quantitative estimate of drug-likeness (QED) is 0.772. The van der Waals surface area contributed by atoms with Crippen molar-refractivity contribution in [1.29, 1.82) is 0 Å². The van der Waals surface area contributed by atoms with Crippen molar-refractivity contribution in [3.05, 3.63) is 64.5 Å². The Morgan fingerprint density at radius 1 is 1.15 bits per heavy atom. The molecule has 2 aromatic carbocycles. The van der Waals surface area contributed by atoms with Crippen molar-refractivity contribution >= 4 is 34.2 Å². The number of likely N-dealkylation sites (N-methyl/N-ethyl adjacent to an activating group) is 1. The van der Waals surface area contributed by atoms with Crippen molar-refractivity contribution in [2.24, 2.45) is 0 Å². The zero-order valence-corrected chi connectivity index (χ0v) is 14.5. The van der Waals surface area contributed by atoms with Crippen molar-refractivity contribution in [3.8, 4) is 5.75 Å². The summed E-state index contributed by atoms with van der Waals surface area (Å²) in [5.41, 5.74) is 1.11. The van der Waals surface area contributed by atoms with Crippen LogP contribution < -0.4 is 20.4 Å². The minimum absolute atomic E-state index is 0.00517. The number of hydrogen-bond donors (Lipinski definition) is 1. The van der Waals surface area contributed by atoms with Gasteiger partial charge < -0.3 is 19.4 Å². The van der Waals surface area contributed by atoms with Gasteiger partial charge in [-0.1, -0.05) is 12.1 Å². The van der Waals surface area contributed by atoms with E-state index in [4.69, 9.17) is 9.15 Å². The monoisotopic (exact) mass is 364 g/mol. The molecule has 1 aromatic heterocycles. The maximum absolute atomic E-state index is 12.5. The molecule has 2 amide bonds. The third kappa shape index (κ3) is 3.03. The highest BCUT2D eigenvalue weighted by Crippen LogP contribution is 2.34. The Labute approximate surface area is 154 Å². The highest BCUT2D eigenvalue weighted by Gasteiger charge is 2.24. The molecule has 1 N–H and O–H groups in total. The number of nitrogens with zero attached hydrogens (tertiary/aromatic N) is 1. The Bertz CT molecular complexity index is 1120. The molecule has 1 aliphatic rings. The number of carbonyl (C=O) groups excluding carboxylic acids is 2. The molecule has 0 aliphatic carbocycles. The van der Waals surface area contributed by atoms with E-state index in [0.717, 1.165) is 0 Å². The number of carbonyl (C=O) groups is 2. The van der Waals surface area contributed by atoms with Gasteiger partial charge in [-0.2, -0.15) is 0 Å². The second-order valence-electron chi connectivity index (χ2n) is 6.03. The average Bonchev–Trinajstić information content (AvgIpc) is 2.68. The number of para-hydroxylation sites is 1. The molecular formula is C20H16N2O5. The van der Waals surface area contributed by atoms with Crippen LogP contribution in [0.25, 0.3) is 11.0 Å². The number of amides is 2. The SMILES string of the molecule is CCN1C(=O)COc2ccc(NC(=O)c3cc(=O)c4ccccc4o3)cc21. The van der Waals surface area contributed by atoms with Crippen LogP contribution >= 0.6 is 0 Å². The van der Waals surface area contributed by atoms with Crippen LogP contribution in [0.1, 0.15) is 17.5 Å². The van der Waals surface area contributed by atoms with Gasteiger partial charge in [-0.3, -0.25) is 14.4 Å². The number of ether oxygens (including phenoxy) is 1. The molecule has 0 spiro atoms. The molecule has 7 heteroatoms. The Morgan fingerprint density at radius 3 is 2.78 bits per heavy atom. The third-order valence-corrected chi connectivity index (χ3v) is 4.33. The van der Waals surface area contributed by atoms with Gasteiger partial charge in [0.25, 0.3) is 11.8 Å². The summed E-state index contributed by atoms with van der Waals surface area (Å²) in [5, 5.41) is 3.11.